The fourth-order valence-corrected chi connectivity index (χ4v) is 2.80. The lowest BCUT2D eigenvalue weighted by Crippen LogP contribution is -2.43. The van der Waals surface area contributed by atoms with Crippen molar-refractivity contribution in [2.75, 3.05) is 11.6 Å². The number of sulfone groups is 1. The summed E-state index contributed by atoms with van der Waals surface area (Å²) in [6.45, 7) is 6.49. The molecule has 0 bridgehead atoms. The van der Waals surface area contributed by atoms with Crippen molar-refractivity contribution in [1.29, 1.82) is 0 Å². The van der Waals surface area contributed by atoms with Gasteiger partial charge in [-0.2, -0.15) is 0 Å². The first-order valence-electron chi connectivity index (χ1n) is 7.76. The molecule has 1 aromatic rings. The largest absolute Gasteiger partial charge is 0.480 e. The molecule has 25 heavy (non-hydrogen) atoms. The number of nitrogens with one attached hydrogen (secondary N) is 1. The summed E-state index contributed by atoms with van der Waals surface area (Å²) in [6.07, 6.45) is 0.591. The average molecular weight is 371 g/mol. The van der Waals surface area contributed by atoms with Crippen LogP contribution in [0.1, 0.15) is 39.7 Å². The van der Waals surface area contributed by atoms with Gasteiger partial charge in [0.05, 0.1) is 0 Å². The number of rotatable bonds is 6. The van der Waals surface area contributed by atoms with Crippen LogP contribution in [0.5, 0.6) is 0 Å². The lowest BCUT2D eigenvalue weighted by molar-refractivity contribution is -0.139. The first-order valence-corrected chi connectivity index (χ1v) is 9.66. The summed E-state index contributed by atoms with van der Waals surface area (Å²) >= 11 is 0. The number of anilines is 1. The van der Waals surface area contributed by atoms with E-state index in [1.54, 1.807) is 45.0 Å². The minimum atomic E-state index is -3.75. The van der Waals surface area contributed by atoms with Gasteiger partial charge in [0.15, 0.2) is 14.6 Å². The number of ether oxygens (including phenoxy) is 1. The molecule has 1 unspecified atom stereocenters. The van der Waals surface area contributed by atoms with Gasteiger partial charge in [-0.3, -0.25) is 10.1 Å². The average Bonchev–Trinajstić information content (AvgIpc) is 2.42. The Morgan fingerprint density at radius 1 is 1.12 bits per heavy atom. The predicted molar refractivity (Wildman–Crippen MR) is 95.5 cm³/mol. The van der Waals surface area contributed by atoms with Crippen LogP contribution in [-0.2, 0) is 25.8 Å². The van der Waals surface area contributed by atoms with Gasteiger partial charge in [0, 0.05) is 11.9 Å². The third kappa shape index (κ3) is 6.04. The highest BCUT2D eigenvalue weighted by molar-refractivity contribution is 7.92. The van der Waals surface area contributed by atoms with Gasteiger partial charge in [-0.15, -0.1) is 0 Å². The van der Waals surface area contributed by atoms with E-state index in [0.29, 0.717) is 5.69 Å². The Morgan fingerprint density at radius 2 is 1.64 bits per heavy atom. The van der Waals surface area contributed by atoms with Gasteiger partial charge in [0.1, 0.15) is 5.60 Å². The second kappa shape index (κ2) is 7.43. The van der Waals surface area contributed by atoms with Gasteiger partial charge >= 0.3 is 12.1 Å². The number of carbonyl (C=O) groups is 2. The molecule has 1 amide bonds. The van der Waals surface area contributed by atoms with E-state index in [9.17, 15) is 23.1 Å². The number of amides is 1. The number of hydrogen-bond acceptors (Lipinski definition) is 5. The van der Waals surface area contributed by atoms with Gasteiger partial charge in [0.2, 0.25) is 0 Å². The lowest BCUT2D eigenvalue weighted by atomic mass is 10.0. The predicted octanol–water partition coefficient (Wildman–Crippen LogP) is 2.85. The molecule has 0 saturated heterocycles. The maximum Gasteiger partial charge on any atom is 0.412 e. The number of hydrogen-bond donors (Lipinski definition) is 2. The topological polar surface area (TPSA) is 110 Å². The Kier molecular flexibility index (Phi) is 6.23. The molecule has 0 aliphatic carbocycles. The van der Waals surface area contributed by atoms with Crippen LogP contribution in [0.25, 0.3) is 0 Å². The molecule has 2 N–H and O–H groups in total. The lowest BCUT2D eigenvalue weighted by Gasteiger charge is -2.22. The van der Waals surface area contributed by atoms with Crippen LogP contribution in [0.3, 0.4) is 0 Å². The molecule has 0 aromatic heterocycles. The summed E-state index contributed by atoms with van der Waals surface area (Å²) in [4.78, 5) is 23.0. The van der Waals surface area contributed by atoms with Crippen LogP contribution < -0.4 is 5.32 Å². The Hall–Kier alpha value is -2.09. The van der Waals surface area contributed by atoms with Crippen LogP contribution in [0.2, 0.25) is 0 Å². The fourth-order valence-electron chi connectivity index (χ4n) is 2.01. The number of benzene rings is 1. The van der Waals surface area contributed by atoms with Crippen LogP contribution in [-0.4, -0.2) is 42.2 Å². The van der Waals surface area contributed by atoms with Gasteiger partial charge in [-0.05, 0) is 58.2 Å². The second-order valence-electron chi connectivity index (χ2n) is 7.13. The zero-order valence-electron chi connectivity index (χ0n) is 15.1. The Morgan fingerprint density at radius 3 is 2.04 bits per heavy atom. The van der Waals surface area contributed by atoms with E-state index >= 15 is 0 Å². The first-order chi connectivity index (χ1) is 11.2. The van der Waals surface area contributed by atoms with E-state index in [0.717, 1.165) is 11.8 Å². The van der Waals surface area contributed by atoms with Gasteiger partial charge in [0.25, 0.3) is 0 Å². The van der Waals surface area contributed by atoms with Crippen molar-refractivity contribution in [3.63, 3.8) is 0 Å². The number of carbonyl (C=O) groups excluding carboxylic acids is 1. The standard InChI is InChI=1S/C17H25NO6S/c1-16(2,3)24-15(21)18-13-8-6-12(7-9-13)10-11-17(4,14(19)20)25(5,22)23/h6-9H,10-11H2,1-5H3,(H,18,21)(H,19,20). The molecule has 1 rings (SSSR count). The SMILES string of the molecule is CC(C)(C)OC(=O)Nc1ccc(CCC(C)(C(=O)O)S(C)(=O)=O)cc1. The van der Waals surface area contributed by atoms with Gasteiger partial charge < -0.3 is 9.84 Å². The number of aliphatic carboxylic acids is 1. The summed E-state index contributed by atoms with van der Waals surface area (Å²) in [5.41, 5.74) is 0.699. The molecule has 0 saturated carbocycles. The molecule has 140 valence electrons. The second-order valence-corrected chi connectivity index (χ2v) is 9.58. The number of carboxylic acids is 1. The fraction of sp³-hybridized carbons (Fsp3) is 0.529. The molecule has 1 aromatic carbocycles. The molecular formula is C17H25NO6S. The van der Waals surface area contributed by atoms with Crippen LogP contribution in [0.15, 0.2) is 24.3 Å². The van der Waals surface area contributed by atoms with Crippen LogP contribution in [0, 0.1) is 0 Å². The van der Waals surface area contributed by atoms with E-state index in [-0.39, 0.29) is 12.8 Å². The maximum absolute atomic E-state index is 11.8. The number of carboxylic acid groups (broad SMARTS) is 1. The van der Waals surface area contributed by atoms with Crippen LogP contribution in [0.4, 0.5) is 10.5 Å². The van der Waals surface area contributed by atoms with Crippen molar-refractivity contribution in [1.82, 2.24) is 0 Å². The Labute approximate surface area is 148 Å². The third-order valence-electron chi connectivity index (χ3n) is 3.76. The van der Waals surface area contributed by atoms with E-state index in [2.05, 4.69) is 5.32 Å². The minimum absolute atomic E-state index is 0.0417. The summed E-state index contributed by atoms with van der Waals surface area (Å²) in [5.74, 6) is -1.36. The van der Waals surface area contributed by atoms with E-state index < -0.39 is 32.2 Å². The maximum atomic E-state index is 11.8. The highest BCUT2D eigenvalue weighted by Gasteiger charge is 2.43. The highest BCUT2D eigenvalue weighted by atomic mass is 32.2. The Bertz CT molecular complexity index is 733. The van der Waals surface area contributed by atoms with Gasteiger partial charge in [-0.25, -0.2) is 13.2 Å². The summed E-state index contributed by atoms with van der Waals surface area (Å²) in [5, 5.41) is 11.8. The normalized spacial score (nSPS) is 14.4. The molecule has 0 aliphatic heterocycles. The number of aryl methyl sites for hydroxylation is 1. The van der Waals surface area contributed by atoms with E-state index in [1.807, 2.05) is 0 Å². The molecule has 0 fully saturated rings. The zero-order chi connectivity index (χ0) is 19.5. The quantitative estimate of drug-likeness (QED) is 0.796. The molecule has 0 spiro atoms. The zero-order valence-corrected chi connectivity index (χ0v) is 15.9. The van der Waals surface area contributed by atoms with Crippen molar-refractivity contribution in [2.45, 2.75) is 50.9 Å². The summed E-state index contributed by atoms with van der Waals surface area (Å²) in [7, 11) is -3.75. The Balaban J connectivity index is 2.75. The molecule has 1 atom stereocenters. The molecule has 7 nitrogen and oxygen atoms in total. The molecular weight excluding hydrogens is 346 g/mol. The molecule has 0 heterocycles. The molecule has 8 heteroatoms. The van der Waals surface area contributed by atoms with E-state index in [1.165, 1.54) is 6.92 Å². The first kappa shape index (κ1) is 21.0. The molecule has 0 radical (unpaired) electrons. The summed E-state index contributed by atoms with van der Waals surface area (Å²) in [6, 6.07) is 6.71. The monoisotopic (exact) mass is 371 g/mol. The van der Waals surface area contributed by atoms with Crippen LogP contribution >= 0.6 is 0 Å². The van der Waals surface area contributed by atoms with E-state index in [4.69, 9.17) is 4.74 Å². The van der Waals surface area contributed by atoms with Crippen molar-refractivity contribution in [2.24, 2.45) is 0 Å². The van der Waals surface area contributed by atoms with Crippen molar-refractivity contribution < 1.29 is 27.9 Å². The third-order valence-corrected chi connectivity index (χ3v) is 5.78. The molecule has 0 aliphatic rings. The van der Waals surface area contributed by atoms with Crippen molar-refractivity contribution in [3.05, 3.63) is 29.8 Å². The van der Waals surface area contributed by atoms with Crippen molar-refractivity contribution >= 4 is 27.6 Å². The van der Waals surface area contributed by atoms with Gasteiger partial charge in [-0.1, -0.05) is 12.1 Å². The smallest absolute Gasteiger partial charge is 0.412 e. The summed E-state index contributed by atoms with van der Waals surface area (Å²) < 4.78 is 26.8. The highest BCUT2D eigenvalue weighted by Crippen LogP contribution is 2.24. The van der Waals surface area contributed by atoms with Crippen molar-refractivity contribution in [3.8, 4) is 0 Å². The minimum Gasteiger partial charge on any atom is -0.480 e.